The van der Waals surface area contributed by atoms with Crippen molar-refractivity contribution in [3.63, 3.8) is 0 Å². The number of hydrogen-bond donors (Lipinski definition) is 1. The molecule has 1 fully saturated rings. The molecule has 2 amide bonds. The molecule has 4 rings (SSSR count). The second-order valence-corrected chi connectivity index (χ2v) is 7.98. The van der Waals surface area contributed by atoms with Gasteiger partial charge < -0.3 is 9.30 Å². The van der Waals surface area contributed by atoms with Gasteiger partial charge in [-0.1, -0.05) is 0 Å². The summed E-state index contributed by atoms with van der Waals surface area (Å²) >= 11 is 5.25. The average Bonchev–Trinajstić information content (AvgIpc) is 3.09. The highest BCUT2D eigenvalue weighted by Gasteiger charge is 2.34. The number of aryl methyl sites for hydroxylation is 1. The highest BCUT2D eigenvalue weighted by molar-refractivity contribution is 7.80. The number of rotatable bonds is 5. The molecule has 9 nitrogen and oxygen atoms in total. The lowest BCUT2D eigenvalue weighted by atomic mass is 10.1. The third-order valence-electron chi connectivity index (χ3n) is 5.52. The van der Waals surface area contributed by atoms with Gasteiger partial charge in [-0.2, -0.15) is 0 Å². The first-order valence-corrected chi connectivity index (χ1v) is 10.6. The van der Waals surface area contributed by atoms with Gasteiger partial charge in [0.05, 0.1) is 17.7 Å². The van der Waals surface area contributed by atoms with Crippen LogP contribution in [0.4, 0.5) is 11.4 Å². The minimum Gasteiger partial charge on any atom is -0.497 e. The first-order chi connectivity index (χ1) is 16.2. The predicted molar refractivity (Wildman–Crippen MR) is 131 cm³/mol. The van der Waals surface area contributed by atoms with E-state index in [-0.39, 0.29) is 16.4 Å². The summed E-state index contributed by atoms with van der Waals surface area (Å²) in [5, 5.41) is 13.5. The molecule has 172 valence electrons. The van der Waals surface area contributed by atoms with Crippen molar-refractivity contribution < 1.29 is 19.2 Å². The number of aromatic nitrogens is 1. The lowest BCUT2D eigenvalue weighted by molar-refractivity contribution is -0.384. The number of hydrogen-bond acceptors (Lipinski definition) is 6. The summed E-state index contributed by atoms with van der Waals surface area (Å²) in [5.41, 5.74) is 3.43. The van der Waals surface area contributed by atoms with E-state index in [4.69, 9.17) is 17.0 Å². The number of nitro groups is 1. The van der Waals surface area contributed by atoms with Crippen LogP contribution in [0.25, 0.3) is 11.8 Å². The normalized spacial score (nSPS) is 15.0. The minimum absolute atomic E-state index is 0.00586. The zero-order valence-corrected chi connectivity index (χ0v) is 19.4. The van der Waals surface area contributed by atoms with Crippen LogP contribution in [-0.4, -0.2) is 33.5 Å². The van der Waals surface area contributed by atoms with E-state index < -0.39 is 16.7 Å². The maximum atomic E-state index is 13.3. The summed E-state index contributed by atoms with van der Waals surface area (Å²) in [6.07, 6.45) is 1.53. The van der Waals surface area contributed by atoms with Crippen molar-refractivity contribution >= 4 is 46.6 Å². The van der Waals surface area contributed by atoms with E-state index >= 15 is 0 Å². The molecule has 0 radical (unpaired) electrons. The monoisotopic (exact) mass is 476 g/mol. The standard InChI is InChI=1S/C24H20N4O5S/c1-14-12-16(15(2)26(14)17-4-6-19(7-5-17)28(31)32)13-21-22(29)25-24(34)27(23(21)30)18-8-10-20(33-3)11-9-18/h4-13H,1-3H3,(H,25,29,34)/b21-13+. The Bertz CT molecular complexity index is 1360. The lowest BCUT2D eigenvalue weighted by Gasteiger charge is -2.29. The summed E-state index contributed by atoms with van der Waals surface area (Å²) in [6.45, 7) is 3.72. The Hall–Kier alpha value is -4.31. The summed E-state index contributed by atoms with van der Waals surface area (Å²) in [4.78, 5) is 37.7. The minimum atomic E-state index is -0.583. The van der Waals surface area contributed by atoms with E-state index in [1.54, 1.807) is 43.5 Å². The summed E-state index contributed by atoms with van der Waals surface area (Å²) in [6, 6.07) is 14.8. The third-order valence-corrected chi connectivity index (χ3v) is 5.81. The Morgan fingerprint density at radius 3 is 2.24 bits per heavy atom. The van der Waals surface area contributed by atoms with Gasteiger partial charge in [0.25, 0.3) is 17.5 Å². The maximum Gasteiger partial charge on any atom is 0.270 e. The molecule has 1 aliphatic heterocycles. The van der Waals surface area contributed by atoms with Crippen LogP contribution in [0.2, 0.25) is 0 Å². The molecule has 2 aromatic carbocycles. The maximum absolute atomic E-state index is 13.3. The van der Waals surface area contributed by atoms with E-state index in [2.05, 4.69) is 5.32 Å². The van der Waals surface area contributed by atoms with Crippen molar-refractivity contribution in [2.24, 2.45) is 0 Å². The van der Waals surface area contributed by atoms with Gasteiger partial charge in [-0.15, -0.1) is 0 Å². The fourth-order valence-electron chi connectivity index (χ4n) is 3.83. The molecule has 0 atom stereocenters. The lowest BCUT2D eigenvalue weighted by Crippen LogP contribution is -2.54. The largest absolute Gasteiger partial charge is 0.497 e. The number of benzene rings is 2. The van der Waals surface area contributed by atoms with Gasteiger partial charge in [0.2, 0.25) is 0 Å². The molecule has 34 heavy (non-hydrogen) atoms. The Labute approximate surface area is 200 Å². The molecule has 0 aliphatic carbocycles. The molecule has 0 saturated carbocycles. The fraction of sp³-hybridized carbons (Fsp3) is 0.125. The molecule has 1 aliphatic rings. The van der Waals surface area contributed by atoms with Crippen LogP contribution < -0.4 is 15.0 Å². The number of amides is 2. The molecule has 1 N–H and O–H groups in total. The topological polar surface area (TPSA) is 107 Å². The molecule has 0 bridgehead atoms. The zero-order chi connectivity index (χ0) is 24.6. The first kappa shape index (κ1) is 22.9. The van der Waals surface area contributed by atoms with Crippen LogP contribution in [0.1, 0.15) is 17.0 Å². The van der Waals surface area contributed by atoms with Crippen molar-refractivity contribution in [3.05, 3.63) is 87.2 Å². The molecule has 1 saturated heterocycles. The van der Waals surface area contributed by atoms with Crippen LogP contribution in [0, 0.1) is 24.0 Å². The number of nitro benzene ring substituents is 1. The third kappa shape index (κ3) is 4.06. The highest BCUT2D eigenvalue weighted by Crippen LogP contribution is 2.27. The summed E-state index contributed by atoms with van der Waals surface area (Å²) in [7, 11) is 1.54. The second-order valence-electron chi connectivity index (χ2n) is 7.59. The molecular formula is C24H20N4O5S. The molecule has 10 heteroatoms. The number of ether oxygens (including phenoxy) is 1. The Morgan fingerprint density at radius 2 is 1.65 bits per heavy atom. The van der Waals surface area contributed by atoms with E-state index in [1.807, 2.05) is 24.5 Å². The zero-order valence-electron chi connectivity index (χ0n) is 18.6. The Kier molecular flexibility index (Phi) is 5.99. The van der Waals surface area contributed by atoms with Gasteiger partial charge in [0.15, 0.2) is 5.11 Å². The van der Waals surface area contributed by atoms with Crippen LogP contribution in [-0.2, 0) is 9.59 Å². The molecule has 3 aromatic rings. The van der Waals surface area contributed by atoms with Crippen LogP contribution in [0.5, 0.6) is 5.75 Å². The van der Waals surface area contributed by atoms with Gasteiger partial charge in [-0.3, -0.25) is 29.9 Å². The van der Waals surface area contributed by atoms with Gasteiger partial charge in [-0.25, -0.2) is 0 Å². The number of non-ortho nitro benzene ring substituents is 1. The number of carbonyl (C=O) groups excluding carboxylic acids is 2. The number of nitrogens with zero attached hydrogens (tertiary/aromatic N) is 3. The molecule has 1 aromatic heterocycles. The highest BCUT2D eigenvalue weighted by atomic mass is 32.1. The van der Waals surface area contributed by atoms with Gasteiger partial charge in [0.1, 0.15) is 11.3 Å². The SMILES string of the molecule is COc1ccc(N2C(=O)/C(=C/c3cc(C)n(-c4ccc([N+](=O)[O-])cc4)c3C)C(=O)NC2=S)cc1. The number of methoxy groups -OCH3 is 1. The average molecular weight is 477 g/mol. The van der Waals surface area contributed by atoms with E-state index in [0.717, 1.165) is 17.1 Å². The van der Waals surface area contributed by atoms with Gasteiger partial charge >= 0.3 is 0 Å². The number of carbonyl (C=O) groups is 2. The molecule has 0 unspecified atom stereocenters. The second kappa shape index (κ2) is 8.91. The van der Waals surface area contributed by atoms with Crippen LogP contribution in [0.3, 0.4) is 0 Å². The van der Waals surface area contributed by atoms with Crippen molar-refractivity contribution in [1.82, 2.24) is 9.88 Å². The molecule has 2 heterocycles. The predicted octanol–water partition coefficient (Wildman–Crippen LogP) is 3.84. The smallest absolute Gasteiger partial charge is 0.270 e. The van der Waals surface area contributed by atoms with Crippen molar-refractivity contribution in [2.45, 2.75) is 13.8 Å². The number of nitrogens with one attached hydrogen (secondary N) is 1. The number of anilines is 1. The van der Waals surface area contributed by atoms with Crippen LogP contribution in [0.15, 0.2) is 60.2 Å². The summed E-state index contributed by atoms with van der Waals surface area (Å²) in [5.74, 6) is -0.503. The fourth-order valence-corrected chi connectivity index (χ4v) is 4.11. The van der Waals surface area contributed by atoms with E-state index in [1.165, 1.54) is 23.1 Å². The quantitative estimate of drug-likeness (QED) is 0.197. The summed E-state index contributed by atoms with van der Waals surface area (Å²) < 4.78 is 7.05. The van der Waals surface area contributed by atoms with E-state index in [9.17, 15) is 19.7 Å². The first-order valence-electron chi connectivity index (χ1n) is 10.2. The van der Waals surface area contributed by atoms with Gasteiger partial charge in [0, 0.05) is 29.2 Å². The molecular weight excluding hydrogens is 456 g/mol. The Morgan fingerprint density at radius 1 is 1.03 bits per heavy atom. The molecule has 0 spiro atoms. The van der Waals surface area contributed by atoms with Crippen molar-refractivity contribution in [2.75, 3.05) is 12.0 Å². The van der Waals surface area contributed by atoms with Crippen molar-refractivity contribution in [1.29, 1.82) is 0 Å². The van der Waals surface area contributed by atoms with Crippen molar-refractivity contribution in [3.8, 4) is 11.4 Å². The van der Waals surface area contributed by atoms with E-state index in [0.29, 0.717) is 17.0 Å². The Balaban J connectivity index is 1.72. The van der Waals surface area contributed by atoms with Gasteiger partial charge in [-0.05, 0) is 80.2 Å². The number of thiocarbonyl (C=S) groups is 1. The van der Waals surface area contributed by atoms with Crippen LogP contribution >= 0.6 is 12.2 Å².